The summed E-state index contributed by atoms with van der Waals surface area (Å²) in [6, 6.07) is 9.98. The topological polar surface area (TPSA) is 147 Å². The molecule has 3 N–H and O–H groups in total. The molecule has 4 aromatic heterocycles. The Labute approximate surface area is 177 Å². The summed E-state index contributed by atoms with van der Waals surface area (Å²) in [5.41, 5.74) is 2.97. The lowest BCUT2D eigenvalue weighted by Crippen LogP contribution is -2.03. The van der Waals surface area contributed by atoms with Crippen LogP contribution in [-0.2, 0) is 6.54 Å². The van der Waals surface area contributed by atoms with Gasteiger partial charge in [0.1, 0.15) is 0 Å². The molecule has 29 heavy (non-hydrogen) atoms. The van der Waals surface area contributed by atoms with E-state index >= 15 is 0 Å². The number of aromatic amines is 2. The van der Waals surface area contributed by atoms with Gasteiger partial charge in [-0.05, 0) is 28.8 Å². The number of rotatable bonds is 3. The summed E-state index contributed by atoms with van der Waals surface area (Å²) in [5, 5.41) is 23.7. The Morgan fingerprint density at radius 1 is 0.724 bits per heavy atom. The minimum atomic E-state index is 0.0661. The Bertz CT molecular complexity index is 1250. The Morgan fingerprint density at radius 2 is 1.34 bits per heavy atom. The molecule has 0 spiro atoms. The van der Waals surface area contributed by atoms with Crippen molar-refractivity contribution in [3.63, 3.8) is 0 Å². The molecule has 0 saturated carbocycles. The zero-order valence-electron chi connectivity index (χ0n) is 14.3. The number of aromatic nitrogens is 10. The Kier molecular flexibility index (Phi) is 5.60. The molecule has 5 aromatic rings. The van der Waals surface area contributed by atoms with E-state index in [-0.39, 0.29) is 15.7 Å². The van der Waals surface area contributed by atoms with Crippen LogP contribution in [0.15, 0.2) is 30.3 Å². The molecule has 0 unspecified atom stereocenters. The molecule has 0 atom stereocenters. The van der Waals surface area contributed by atoms with Crippen molar-refractivity contribution in [3.8, 4) is 0 Å². The number of fused-ring (bicyclic) bond motifs is 2. The molecule has 146 valence electrons. The van der Waals surface area contributed by atoms with Crippen LogP contribution in [0.4, 0.5) is 5.82 Å². The number of H-pyrrole nitrogens is 2. The monoisotopic (exact) mass is 449 g/mol. The van der Waals surface area contributed by atoms with Crippen LogP contribution in [0.2, 0.25) is 15.7 Å². The van der Waals surface area contributed by atoms with Crippen molar-refractivity contribution >= 4 is 62.9 Å². The van der Waals surface area contributed by atoms with E-state index in [0.717, 1.165) is 5.56 Å². The molecule has 14 heteroatoms. The van der Waals surface area contributed by atoms with E-state index in [4.69, 9.17) is 34.8 Å². The summed E-state index contributed by atoms with van der Waals surface area (Å²) in [5.74, 6) is 0.572. The predicted molar refractivity (Wildman–Crippen MR) is 108 cm³/mol. The highest BCUT2D eigenvalue weighted by atomic mass is 35.5. The van der Waals surface area contributed by atoms with E-state index in [1.54, 1.807) is 0 Å². The zero-order chi connectivity index (χ0) is 20.2. The van der Waals surface area contributed by atoms with Crippen LogP contribution in [0, 0.1) is 0 Å². The standard InChI is InChI=1S/C11H9ClN6.C4HCl2N5/c12-11-14-9(8-10(15-11)17-18-16-8)13-6-7-4-2-1-3-5-7;5-2-1-3(10-11-9-1)8-4(6)7-2/h1-5H,6H2,(H2,13,14,15,16,17,18);(H,7,8,9,10,11). The molecule has 0 saturated heterocycles. The molecular formula is C15H10Cl3N11. The highest BCUT2D eigenvalue weighted by molar-refractivity contribution is 6.35. The summed E-state index contributed by atoms with van der Waals surface area (Å²) < 4.78 is 0. The molecule has 0 radical (unpaired) electrons. The maximum Gasteiger partial charge on any atom is 0.226 e. The Balaban J connectivity index is 0.000000159. The van der Waals surface area contributed by atoms with Crippen molar-refractivity contribution in [1.82, 2.24) is 50.8 Å². The molecule has 0 aliphatic rings. The van der Waals surface area contributed by atoms with Crippen molar-refractivity contribution in [2.24, 2.45) is 0 Å². The van der Waals surface area contributed by atoms with Gasteiger partial charge in [0.05, 0.1) is 0 Å². The number of hydrogen-bond donors (Lipinski definition) is 3. The third-order valence-corrected chi connectivity index (χ3v) is 4.17. The number of anilines is 1. The fraction of sp³-hybridized carbons (Fsp3) is 0.0667. The number of benzene rings is 1. The van der Waals surface area contributed by atoms with Crippen LogP contribution in [-0.4, -0.2) is 50.8 Å². The summed E-state index contributed by atoms with van der Waals surface area (Å²) in [6.07, 6.45) is 0. The third kappa shape index (κ3) is 4.47. The summed E-state index contributed by atoms with van der Waals surface area (Å²) >= 11 is 17.0. The molecule has 5 rings (SSSR count). The van der Waals surface area contributed by atoms with Crippen molar-refractivity contribution < 1.29 is 0 Å². The first kappa shape index (κ1) is 19.2. The van der Waals surface area contributed by atoms with Crippen molar-refractivity contribution in [1.29, 1.82) is 0 Å². The molecule has 4 heterocycles. The zero-order valence-corrected chi connectivity index (χ0v) is 16.6. The van der Waals surface area contributed by atoms with E-state index in [2.05, 4.69) is 56.1 Å². The quantitative estimate of drug-likeness (QED) is 0.278. The fourth-order valence-corrected chi connectivity index (χ4v) is 2.89. The van der Waals surface area contributed by atoms with E-state index in [1.807, 2.05) is 30.3 Å². The minimum Gasteiger partial charge on any atom is -0.364 e. The van der Waals surface area contributed by atoms with Gasteiger partial charge >= 0.3 is 0 Å². The van der Waals surface area contributed by atoms with Crippen LogP contribution in [0.5, 0.6) is 0 Å². The minimum absolute atomic E-state index is 0.0661. The largest absolute Gasteiger partial charge is 0.364 e. The van der Waals surface area contributed by atoms with E-state index in [0.29, 0.717) is 34.7 Å². The summed E-state index contributed by atoms with van der Waals surface area (Å²) in [7, 11) is 0. The molecule has 0 aliphatic carbocycles. The van der Waals surface area contributed by atoms with Crippen molar-refractivity contribution in [2.45, 2.75) is 6.54 Å². The molecule has 0 aliphatic heterocycles. The van der Waals surface area contributed by atoms with Crippen LogP contribution in [0.25, 0.3) is 22.3 Å². The lowest BCUT2D eigenvalue weighted by molar-refractivity contribution is 0.954. The van der Waals surface area contributed by atoms with Gasteiger partial charge in [-0.2, -0.15) is 35.6 Å². The van der Waals surface area contributed by atoms with Crippen LogP contribution >= 0.6 is 34.8 Å². The average molecular weight is 451 g/mol. The lowest BCUT2D eigenvalue weighted by atomic mass is 10.2. The molecule has 11 nitrogen and oxygen atoms in total. The Morgan fingerprint density at radius 3 is 2.07 bits per heavy atom. The van der Waals surface area contributed by atoms with Crippen LogP contribution in [0.1, 0.15) is 5.56 Å². The number of hydrogen-bond acceptors (Lipinski definition) is 9. The van der Waals surface area contributed by atoms with Gasteiger partial charge in [-0.3, -0.25) is 0 Å². The second-order valence-corrected chi connectivity index (χ2v) is 6.49. The molecule has 1 aromatic carbocycles. The number of nitrogens with one attached hydrogen (secondary N) is 3. The van der Waals surface area contributed by atoms with E-state index < -0.39 is 0 Å². The van der Waals surface area contributed by atoms with Gasteiger partial charge in [-0.25, -0.2) is 4.98 Å². The van der Waals surface area contributed by atoms with Gasteiger partial charge in [0.15, 0.2) is 22.0 Å². The van der Waals surface area contributed by atoms with Crippen molar-refractivity contribution in [2.75, 3.05) is 5.32 Å². The van der Waals surface area contributed by atoms with Gasteiger partial charge in [-0.1, -0.05) is 41.9 Å². The first-order valence-corrected chi connectivity index (χ1v) is 9.15. The van der Waals surface area contributed by atoms with Gasteiger partial charge in [0.2, 0.25) is 21.9 Å². The maximum atomic E-state index is 5.82. The van der Waals surface area contributed by atoms with Gasteiger partial charge in [0, 0.05) is 6.54 Å². The maximum absolute atomic E-state index is 5.82. The third-order valence-electron chi connectivity index (χ3n) is 3.57. The Hall–Kier alpha value is -3.15. The highest BCUT2D eigenvalue weighted by Gasteiger charge is 2.10. The van der Waals surface area contributed by atoms with Crippen LogP contribution < -0.4 is 5.32 Å². The van der Waals surface area contributed by atoms with Crippen LogP contribution in [0.3, 0.4) is 0 Å². The smallest absolute Gasteiger partial charge is 0.226 e. The predicted octanol–water partition coefficient (Wildman–Crippen LogP) is 3.07. The normalized spacial score (nSPS) is 10.7. The van der Waals surface area contributed by atoms with E-state index in [1.165, 1.54) is 0 Å². The SMILES string of the molecule is Clc1nc(Cl)c2n[nH]nc2n1.Clc1nc(NCc2ccccc2)c2n[nH]nc2n1. The fourth-order valence-electron chi connectivity index (χ4n) is 2.31. The van der Waals surface area contributed by atoms with Gasteiger partial charge < -0.3 is 5.32 Å². The second-order valence-electron chi connectivity index (χ2n) is 5.46. The molecule has 0 fully saturated rings. The second kappa shape index (κ2) is 8.47. The molecular weight excluding hydrogens is 441 g/mol. The lowest BCUT2D eigenvalue weighted by Gasteiger charge is -2.05. The number of nitrogens with zero attached hydrogens (tertiary/aromatic N) is 8. The highest BCUT2D eigenvalue weighted by Crippen LogP contribution is 2.18. The van der Waals surface area contributed by atoms with Crippen molar-refractivity contribution in [3.05, 3.63) is 51.6 Å². The summed E-state index contributed by atoms with van der Waals surface area (Å²) in [6.45, 7) is 0.635. The summed E-state index contributed by atoms with van der Waals surface area (Å²) in [4.78, 5) is 15.5. The average Bonchev–Trinajstić information content (AvgIpc) is 3.36. The van der Waals surface area contributed by atoms with Gasteiger partial charge in [0.25, 0.3) is 0 Å². The first-order chi connectivity index (χ1) is 14.1. The number of halogens is 3. The first-order valence-electron chi connectivity index (χ1n) is 8.01. The van der Waals surface area contributed by atoms with E-state index in [9.17, 15) is 0 Å². The van der Waals surface area contributed by atoms with Gasteiger partial charge in [-0.15, -0.1) is 10.2 Å². The molecule has 0 amide bonds. The molecule has 0 bridgehead atoms.